The molecule has 1 aliphatic heterocycles. The Morgan fingerprint density at radius 2 is 2.26 bits per heavy atom. The standard InChI is InChI=1S/C15H18FN7O3S/c1-27(17,25)23-6-10(7-23)18-15-13(21-26-22-15)14(20-24)19-12-4-8-2-3-9(16)5-11(8)12/h2-3,5,10,12,17,24H,4,6-7H2,1H3,(H,18,22)(H,19,20)/t12-,27+/m0/s1. The summed E-state index contributed by atoms with van der Waals surface area (Å²) in [5.74, 6) is -0.0185. The fourth-order valence-corrected chi connectivity index (χ4v) is 4.04. The second-order valence-corrected chi connectivity index (χ2v) is 8.73. The molecule has 10 nitrogen and oxygen atoms in total. The van der Waals surface area contributed by atoms with E-state index in [2.05, 4.69) is 20.6 Å². The summed E-state index contributed by atoms with van der Waals surface area (Å²) < 4.78 is 38.9. The van der Waals surface area contributed by atoms with E-state index in [1.807, 2.05) is 5.48 Å². The first kappa shape index (κ1) is 17.8. The summed E-state index contributed by atoms with van der Waals surface area (Å²) >= 11 is 0. The van der Waals surface area contributed by atoms with Gasteiger partial charge in [0.1, 0.15) is 15.7 Å². The van der Waals surface area contributed by atoms with Gasteiger partial charge in [-0.25, -0.2) is 22.3 Å². The van der Waals surface area contributed by atoms with Crippen LogP contribution in [-0.4, -0.2) is 55.3 Å². The molecule has 1 aromatic carbocycles. The molecular weight excluding hydrogens is 377 g/mol. The number of halogens is 1. The first-order chi connectivity index (χ1) is 12.8. The molecule has 1 aliphatic carbocycles. The van der Waals surface area contributed by atoms with E-state index in [1.54, 1.807) is 6.07 Å². The molecule has 0 amide bonds. The molecule has 2 aromatic rings. The average Bonchev–Trinajstić information content (AvgIpc) is 3.00. The number of nitrogens with zero attached hydrogens (tertiary/aromatic N) is 4. The van der Waals surface area contributed by atoms with Crippen LogP contribution in [0, 0.1) is 10.6 Å². The molecule has 4 N–H and O–H groups in total. The van der Waals surface area contributed by atoms with Crippen molar-refractivity contribution in [3.63, 3.8) is 0 Å². The van der Waals surface area contributed by atoms with Crippen LogP contribution in [0.2, 0.25) is 0 Å². The monoisotopic (exact) mass is 395 g/mol. The van der Waals surface area contributed by atoms with Crippen molar-refractivity contribution in [1.82, 2.24) is 20.1 Å². The SMILES string of the molecule is C[S@](=N)(=O)N1CC(Nc2nonc2C(=N[C@H]2Cc3ccc(F)cc32)NO)C1. The van der Waals surface area contributed by atoms with E-state index in [0.717, 1.165) is 11.1 Å². The van der Waals surface area contributed by atoms with Gasteiger partial charge < -0.3 is 5.32 Å². The van der Waals surface area contributed by atoms with E-state index in [0.29, 0.717) is 19.5 Å². The molecule has 0 radical (unpaired) electrons. The van der Waals surface area contributed by atoms with Crippen LogP contribution in [0.4, 0.5) is 10.2 Å². The maximum absolute atomic E-state index is 13.4. The molecule has 0 spiro atoms. The zero-order valence-corrected chi connectivity index (χ0v) is 15.2. The summed E-state index contributed by atoms with van der Waals surface area (Å²) in [6, 6.07) is 4.16. The predicted octanol–water partition coefficient (Wildman–Crippen LogP) is 0.919. The van der Waals surface area contributed by atoms with E-state index < -0.39 is 9.92 Å². The number of anilines is 1. The summed E-state index contributed by atoms with van der Waals surface area (Å²) in [6.07, 6.45) is 1.99. The molecule has 2 heterocycles. The molecule has 1 fully saturated rings. The second-order valence-electron chi connectivity index (χ2n) is 6.60. The third-order valence-electron chi connectivity index (χ3n) is 4.67. The number of nitrogens with one attached hydrogen (secondary N) is 3. The normalized spacial score (nSPS) is 22.3. The number of amidine groups is 1. The van der Waals surface area contributed by atoms with Gasteiger partial charge in [-0.3, -0.25) is 15.7 Å². The van der Waals surface area contributed by atoms with Gasteiger partial charge in [0.2, 0.25) is 5.82 Å². The van der Waals surface area contributed by atoms with Gasteiger partial charge in [-0.05, 0) is 40.0 Å². The van der Waals surface area contributed by atoms with Crippen LogP contribution in [0.3, 0.4) is 0 Å². The Labute approximate surface area is 154 Å². The highest BCUT2D eigenvalue weighted by atomic mass is 32.2. The molecule has 144 valence electrons. The molecule has 2 atom stereocenters. The van der Waals surface area contributed by atoms with Gasteiger partial charge in [-0.1, -0.05) is 6.07 Å². The van der Waals surface area contributed by atoms with Crippen molar-refractivity contribution >= 4 is 21.6 Å². The third kappa shape index (κ3) is 3.38. The van der Waals surface area contributed by atoms with Crippen molar-refractivity contribution in [3.05, 3.63) is 40.8 Å². The number of hydroxylamine groups is 1. The lowest BCUT2D eigenvalue weighted by Crippen LogP contribution is -2.56. The average molecular weight is 395 g/mol. The van der Waals surface area contributed by atoms with Gasteiger partial charge in [-0.15, -0.1) is 0 Å². The van der Waals surface area contributed by atoms with Crippen LogP contribution in [0.25, 0.3) is 0 Å². The highest BCUT2D eigenvalue weighted by Gasteiger charge is 2.33. The van der Waals surface area contributed by atoms with Crippen molar-refractivity contribution in [2.75, 3.05) is 24.7 Å². The second kappa shape index (κ2) is 6.55. The number of fused-ring (bicyclic) bond motifs is 1. The van der Waals surface area contributed by atoms with E-state index in [9.17, 15) is 13.8 Å². The zero-order chi connectivity index (χ0) is 19.2. The Morgan fingerprint density at radius 1 is 1.48 bits per heavy atom. The van der Waals surface area contributed by atoms with Crippen molar-refractivity contribution in [2.24, 2.45) is 4.99 Å². The van der Waals surface area contributed by atoms with E-state index >= 15 is 0 Å². The van der Waals surface area contributed by atoms with E-state index in [1.165, 1.54) is 22.7 Å². The van der Waals surface area contributed by atoms with Crippen LogP contribution in [-0.2, 0) is 16.3 Å². The summed E-state index contributed by atoms with van der Waals surface area (Å²) in [6.45, 7) is 0.832. The number of aliphatic imine (C=N–C) groups is 1. The minimum absolute atomic E-state index is 0.0506. The topological polar surface area (TPSA) is 140 Å². The number of rotatable bonds is 5. The molecule has 0 unspecified atom stereocenters. The van der Waals surface area contributed by atoms with Crippen LogP contribution >= 0.6 is 0 Å². The van der Waals surface area contributed by atoms with Gasteiger partial charge in [-0.2, -0.15) is 0 Å². The molecule has 0 bridgehead atoms. The lowest BCUT2D eigenvalue weighted by molar-refractivity contribution is 0.232. The highest BCUT2D eigenvalue weighted by molar-refractivity contribution is 7.89. The van der Waals surface area contributed by atoms with Crippen LogP contribution in [0.5, 0.6) is 0 Å². The van der Waals surface area contributed by atoms with Gasteiger partial charge >= 0.3 is 0 Å². The lowest BCUT2D eigenvalue weighted by Gasteiger charge is -2.38. The Kier molecular flexibility index (Phi) is 4.32. The minimum atomic E-state index is -2.73. The molecule has 1 aromatic heterocycles. The van der Waals surface area contributed by atoms with E-state index in [-0.39, 0.29) is 35.2 Å². The summed E-state index contributed by atoms with van der Waals surface area (Å²) in [5, 5.41) is 20.1. The Balaban J connectivity index is 1.49. The smallest absolute Gasteiger partial charge is 0.202 e. The van der Waals surface area contributed by atoms with Gasteiger partial charge in [0, 0.05) is 19.3 Å². The van der Waals surface area contributed by atoms with Crippen molar-refractivity contribution in [2.45, 2.75) is 18.5 Å². The lowest BCUT2D eigenvalue weighted by atomic mass is 9.83. The minimum Gasteiger partial charge on any atom is -0.360 e. The Bertz CT molecular complexity index is 1000. The maximum Gasteiger partial charge on any atom is 0.202 e. The fraction of sp³-hybridized carbons (Fsp3) is 0.400. The van der Waals surface area contributed by atoms with Crippen LogP contribution in [0.15, 0.2) is 27.8 Å². The van der Waals surface area contributed by atoms with Gasteiger partial charge in [0.15, 0.2) is 11.5 Å². The largest absolute Gasteiger partial charge is 0.360 e. The van der Waals surface area contributed by atoms with Crippen molar-refractivity contribution in [1.29, 1.82) is 4.78 Å². The Morgan fingerprint density at radius 3 is 2.96 bits per heavy atom. The van der Waals surface area contributed by atoms with Gasteiger partial charge in [0.25, 0.3) is 0 Å². The molecule has 12 heteroatoms. The summed E-state index contributed by atoms with van der Waals surface area (Å²) in [5.41, 5.74) is 3.95. The third-order valence-corrected chi connectivity index (χ3v) is 5.95. The van der Waals surface area contributed by atoms with Gasteiger partial charge in [0.05, 0.1) is 12.1 Å². The quantitative estimate of drug-likeness (QED) is 0.335. The predicted molar refractivity (Wildman–Crippen MR) is 94.4 cm³/mol. The van der Waals surface area contributed by atoms with Crippen LogP contribution < -0.4 is 10.8 Å². The molecule has 27 heavy (non-hydrogen) atoms. The maximum atomic E-state index is 13.4. The molecule has 2 aliphatic rings. The zero-order valence-electron chi connectivity index (χ0n) is 14.3. The number of aromatic nitrogens is 2. The summed E-state index contributed by atoms with van der Waals surface area (Å²) in [4.78, 5) is 4.39. The summed E-state index contributed by atoms with van der Waals surface area (Å²) in [7, 11) is -2.73. The number of benzene rings is 1. The fourth-order valence-electron chi connectivity index (χ4n) is 3.11. The Hall–Kier alpha value is -2.57. The van der Waals surface area contributed by atoms with Crippen LogP contribution in [0.1, 0.15) is 22.9 Å². The molecule has 0 saturated carbocycles. The molecule has 1 saturated heterocycles. The number of hydrogen-bond acceptors (Lipinski definition) is 8. The molecular formula is C15H18FN7O3S. The number of hydrogen-bond donors (Lipinski definition) is 4. The van der Waals surface area contributed by atoms with Crippen molar-refractivity contribution < 1.29 is 18.4 Å². The van der Waals surface area contributed by atoms with E-state index in [4.69, 9.17) is 9.41 Å². The molecule has 4 rings (SSSR count). The first-order valence-electron chi connectivity index (χ1n) is 8.19. The van der Waals surface area contributed by atoms with Crippen molar-refractivity contribution in [3.8, 4) is 0 Å². The highest BCUT2D eigenvalue weighted by Crippen LogP contribution is 2.37. The first-order valence-corrected chi connectivity index (χ1v) is 10.1.